The maximum absolute atomic E-state index is 13.1. The Morgan fingerprint density at radius 2 is 2.05 bits per heavy atom. The van der Waals surface area contributed by atoms with E-state index in [2.05, 4.69) is 37.1 Å². The van der Waals surface area contributed by atoms with E-state index in [1.54, 1.807) is 17.0 Å². The van der Waals surface area contributed by atoms with Gasteiger partial charge in [0.1, 0.15) is 22.9 Å². The van der Waals surface area contributed by atoms with Gasteiger partial charge in [-0.15, -0.1) is 0 Å². The molecule has 14 heteroatoms. The lowest BCUT2D eigenvalue weighted by Crippen LogP contribution is -2.44. The van der Waals surface area contributed by atoms with E-state index in [1.807, 2.05) is 0 Å². The Morgan fingerprint density at radius 1 is 1.26 bits per heavy atom. The number of imidazole rings is 1. The van der Waals surface area contributed by atoms with E-state index in [9.17, 15) is 19.8 Å². The van der Waals surface area contributed by atoms with Crippen molar-refractivity contribution >= 4 is 40.4 Å². The number of ether oxygens (including phenoxy) is 1. The highest BCUT2D eigenvalue weighted by molar-refractivity contribution is 6.29. The molecule has 198 valence electrons. The third-order valence-corrected chi connectivity index (χ3v) is 6.89. The molecule has 0 aromatic carbocycles. The zero-order chi connectivity index (χ0) is 27.0. The zero-order valence-electron chi connectivity index (χ0n) is 20.3. The molecule has 3 aromatic rings. The van der Waals surface area contributed by atoms with E-state index in [1.165, 1.54) is 24.1 Å². The molecule has 4 heterocycles. The van der Waals surface area contributed by atoms with Crippen molar-refractivity contribution in [3.63, 3.8) is 0 Å². The number of carbonyl (C=O) groups is 2. The van der Waals surface area contributed by atoms with Gasteiger partial charge in [-0.2, -0.15) is 0 Å². The van der Waals surface area contributed by atoms with Crippen LogP contribution in [-0.4, -0.2) is 89.4 Å². The summed E-state index contributed by atoms with van der Waals surface area (Å²) < 4.78 is 6.99. The largest absolute Gasteiger partial charge is 0.387 e. The summed E-state index contributed by atoms with van der Waals surface area (Å²) >= 11 is 5.85. The number of nitrogens with zero attached hydrogens (tertiary/aromatic N) is 6. The molecule has 2 aliphatic rings. The van der Waals surface area contributed by atoms with Crippen molar-refractivity contribution in [3.05, 3.63) is 41.2 Å². The first-order chi connectivity index (χ1) is 18.3. The first-order valence-corrected chi connectivity index (χ1v) is 12.3. The van der Waals surface area contributed by atoms with Crippen LogP contribution in [0.2, 0.25) is 5.15 Å². The predicted octanol–water partition coefficient (Wildman–Crippen LogP) is -0.131. The normalized spacial score (nSPS) is 22.9. The fourth-order valence-electron chi connectivity index (χ4n) is 4.37. The molecule has 13 nitrogen and oxygen atoms in total. The summed E-state index contributed by atoms with van der Waals surface area (Å²) in [7, 11) is 1.40. The summed E-state index contributed by atoms with van der Waals surface area (Å²) in [6.07, 6.45) is 0.266. The van der Waals surface area contributed by atoms with Crippen LogP contribution in [0.15, 0.2) is 24.7 Å². The van der Waals surface area contributed by atoms with Crippen LogP contribution in [0.4, 0.5) is 5.82 Å². The molecule has 0 spiro atoms. The number of aliphatic hydroxyl groups excluding tert-OH is 2. The van der Waals surface area contributed by atoms with Gasteiger partial charge in [-0.3, -0.25) is 14.2 Å². The monoisotopic (exact) mass is 540 g/mol. The van der Waals surface area contributed by atoms with Crippen molar-refractivity contribution in [1.29, 1.82) is 0 Å². The fraction of sp³-hybridized carbons (Fsp3) is 0.417. The Labute approximate surface area is 222 Å². The number of likely N-dealkylation sites (N-methyl/N-ethyl adjacent to an activating group) is 1. The lowest BCUT2D eigenvalue weighted by atomic mass is 9.91. The van der Waals surface area contributed by atoms with Gasteiger partial charge in [0.25, 0.3) is 11.8 Å². The number of anilines is 1. The van der Waals surface area contributed by atoms with Crippen molar-refractivity contribution < 1.29 is 24.5 Å². The van der Waals surface area contributed by atoms with Gasteiger partial charge >= 0.3 is 0 Å². The average Bonchev–Trinajstić information content (AvgIpc) is 3.43. The van der Waals surface area contributed by atoms with Crippen LogP contribution >= 0.6 is 11.6 Å². The van der Waals surface area contributed by atoms with Gasteiger partial charge in [0.2, 0.25) is 5.82 Å². The molecule has 38 heavy (non-hydrogen) atoms. The maximum atomic E-state index is 13.1. The van der Waals surface area contributed by atoms with Crippen molar-refractivity contribution in [1.82, 2.24) is 34.7 Å². The molecule has 0 bridgehead atoms. The van der Waals surface area contributed by atoms with Crippen LogP contribution in [0.1, 0.15) is 41.7 Å². The number of halogens is 1. The van der Waals surface area contributed by atoms with Gasteiger partial charge in [0, 0.05) is 19.3 Å². The molecule has 2 unspecified atom stereocenters. The van der Waals surface area contributed by atoms with Gasteiger partial charge < -0.3 is 30.9 Å². The van der Waals surface area contributed by atoms with Crippen molar-refractivity contribution in [3.8, 4) is 11.8 Å². The third-order valence-electron chi connectivity index (χ3n) is 6.67. The van der Waals surface area contributed by atoms with E-state index in [0.717, 1.165) is 19.3 Å². The van der Waals surface area contributed by atoms with Gasteiger partial charge in [0.05, 0.1) is 18.4 Å². The number of aromatic nitrogens is 5. The highest BCUT2D eigenvalue weighted by Crippen LogP contribution is 2.32. The van der Waals surface area contributed by atoms with Crippen LogP contribution in [0.3, 0.4) is 0 Å². The summed E-state index contributed by atoms with van der Waals surface area (Å²) in [6.45, 7) is 0.136. The molecule has 3 aromatic heterocycles. The molecule has 2 fully saturated rings. The summed E-state index contributed by atoms with van der Waals surface area (Å²) in [4.78, 5) is 43.6. The molecule has 5 N–H and O–H groups in total. The Kier molecular flexibility index (Phi) is 7.13. The number of hydrogen-bond acceptors (Lipinski definition) is 10. The van der Waals surface area contributed by atoms with Gasteiger partial charge in [0.15, 0.2) is 23.8 Å². The van der Waals surface area contributed by atoms with Crippen molar-refractivity contribution in [2.75, 3.05) is 19.3 Å². The number of aliphatic hydroxyl groups is 2. The Bertz CT molecular complexity index is 1430. The minimum absolute atomic E-state index is 0.0492. The molecule has 1 saturated heterocycles. The zero-order valence-corrected chi connectivity index (χ0v) is 21.0. The van der Waals surface area contributed by atoms with Crippen LogP contribution in [-0.2, 0) is 9.53 Å². The Balaban J connectivity index is 1.40. The molecule has 2 amide bonds. The minimum atomic E-state index is -1.46. The van der Waals surface area contributed by atoms with Crippen LogP contribution in [0, 0.1) is 11.8 Å². The second-order valence-corrected chi connectivity index (χ2v) is 9.38. The minimum Gasteiger partial charge on any atom is -0.387 e. The van der Waals surface area contributed by atoms with E-state index in [4.69, 9.17) is 22.1 Å². The van der Waals surface area contributed by atoms with Crippen LogP contribution in [0.5, 0.6) is 0 Å². The standard InChI is InChI=1S/C24H25ClN8O5/c1-27-22(36)19-17(34)18(35)24(38-19)33-11-29-16-20(26)30-15(31-21(16)33)6-3-9-32(13-4-2-5-13)23(37)12-7-8-14(25)28-10-12/h7-8,10-11,13,17-19,24,34-35H,2,4-5,9H2,1H3,(H,27,36)(H2,26,30,31)/t17-,18+,19?,24?/m0/s1. The van der Waals surface area contributed by atoms with Crippen molar-refractivity contribution in [2.45, 2.75) is 49.8 Å². The number of nitrogens with one attached hydrogen (secondary N) is 1. The maximum Gasteiger partial charge on any atom is 0.256 e. The first kappa shape index (κ1) is 25.8. The molecule has 0 radical (unpaired) electrons. The number of nitrogen functional groups attached to an aromatic ring is 1. The number of pyridine rings is 1. The Morgan fingerprint density at radius 3 is 2.71 bits per heavy atom. The number of amides is 2. The van der Waals surface area contributed by atoms with Crippen molar-refractivity contribution in [2.24, 2.45) is 0 Å². The van der Waals surface area contributed by atoms with E-state index < -0.39 is 30.4 Å². The molecular formula is C24H25ClN8O5. The number of fused-ring (bicyclic) bond motifs is 1. The quantitative estimate of drug-likeness (QED) is 0.251. The van der Waals surface area contributed by atoms with Gasteiger partial charge in [-0.25, -0.2) is 19.9 Å². The molecule has 1 aliphatic carbocycles. The number of nitrogens with two attached hydrogens (primary N) is 1. The summed E-state index contributed by atoms with van der Waals surface area (Å²) in [5.74, 6) is 5.15. The van der Waals surface area contributed by atoms with Gasteiger partial charge in [-0.05, 0) is 37.3 Å². The second kappa shape index (κ2) is 10.5. The highest BCUT2D eigenvalue weighted by Gasteiger charge is 2.47. The number of rotatable bonds is 5. The smallest absolute Gasteiger partial charge is 0.256 e. The molecule has 1 saturated carbocycles. The lowest BCUT2D eigenvalue weighted by molar-refractivity contribution is -0.137. The molecular weight excluding hydrogens is 516 g/mol. The van der Waals surface area contributed by atoms with Gasteiger partial charge in [-0.1, -0.05) is 17.5 Å². The second-order valence-electron chi connectivity index (χ2n) is 8.99. The van der Waals surface area contributed by atoms with E-state index >= 15 is 0 Å². The van der Waals surface area contributed by atoms with Crippen LogP contribution < -0.4 is 11.1 Å². The predicted molar refractivity (Wildman–Crippen MR) is 135 cm³/mol. The fourth-order valence-corrected chi connectivity index (χ4v) is 4.48. The first-order valence-electron chi connectivity index (χ1n) is 11.9. The SMILES string of the molecule is CNC(=O)C1OC(n2cnc3c(N)nc(C#CCN(C(=O)c4ccc(Cl)nc4)C4CCC4)nc32)[C@H](O)[C@@H]1O. The number of carbonyl (C=O) groups excluding carboxylic acids is 2. The topological polar surface area (TPSA) is 182 Å². The summed E-state index contributed by atoms with van der Waals surface area (Å²) in [5, 5.41) is 23.5. The average molecular weight is 541 g/mol. The molecule has 5 rings (SSSR count). The summed E-state index contributed by atoms with van der Waals surface area (Å²) in [6, 6.07) is 3.26. The van der Waals surface area contributed by atoms with Crippen LogP contribution in [0.25, 0.3) is 11.2 Å². The third kappa shape index (κ3) is 4.74. The highest BCUT2D eigenvalue weighted by atomic mass is 35.5. The molecule has 4 atom stereocenters. The summed E-state index contributed by atoms with van der Waals surface area (Å²) in [5.41, 5.74) is 6.94. The Hall–Kier alpha value is -3.83. The van der Waals surface area contributed by atoms with E-state index in [-0.39, 0.29) is 41.3 Å². The lowest BCUT2D eigenvalue weighted by Gasteiger charge is -2.36. The number of hydrogen-bond donors (Lipinski definition) is 4. The van der Waals surface area contributed by atoms with E-state index in [0.29, 0.717) is 10.7 Å². The molecule has 1 aliphatic heterocycles.